The van der Waals surface area contributed by atoms with Gasteiger partial charge in [0.1, 0.15) is 11.6 Å². The minimum absolute atomic E-state index is 0.0766. The smallest absolute Gasteiger partial charge is 0.267 e. The normalized spacial score (nSPS) is 11.0. The molecule has 0 saturated heterocycles. The van der Waals surface area contributed by atoms with Crippen molar-refractivity contribution in [3.63, 3.8) is 0 Å². The van der Waals surface area contributed by atoms with Crippen LogP contribution in [0, 0.1) is 18.3 Å². The first-order valence-electron chi connectivity index (χ1n) is 9.40. The van der Waals surface area contributed by atoms with E-state index >= 15 is 0 Å². The Morgan fingerprint density at radius 3 is 2.26 bits per heavy atom. The molecule has 0 fully saturated rings. The molecule has 2 aromatic carbocycles. The number of nitriles is 1. The summed E-state index contributed by atoms with van der Waals surface area (Å²) in [6, 6.07) is 16.2. The van der Waals surface area contributed by atoms with E-state index in [2.05, 4.69) is 43.5 Å². The fourth-order valence-corrected chi connectivity index (χ4v) is 3.00. The fourth-order valence-electron chi connectivity index (χ4n) is 3.00. The van der Waals surface area contributed by atoms with Gasteiger partial charge >= 0.3 is 0 Å². The molecule has 0 saturated carbocycles. The number of nitrogens with one attached hydrogen (secondary N) is 2. The molecule has 0 radical (unpaired) electrons. The van der Waals surface area contributed by atoms with Crippen LogP contribution in [0.1, 0.15) is 36.1 Å². The number of aryl methyl sites for hydroxylation is 3. The van der Waals surface area contributed by atoms with Crippen molar-refractivity contribution < 1.29 is 4.79 Å². The van der Waals surface area contributed by atoms with Crippen LogP contribution in [0.25, 0.3) is 0 Å². The highest BCUT2D eigenvalue weighted by Crippen LogP contribution is 2.23. The summed E-state index contributed by atoms with van der Waals surface area (Å²) in [6.45, 7) is 6.85. The number of rotatable bonds is 8. The monoisotopic (exact) mass is 361 g/mol. The van der Waals surface area contributed by atoms with Gasteiger partial charge in [0.2, 0.25) is 0 Å². The molecule has 0 aromatic heterocycles. The van der Waals surface area contributed by atoms with Crippen LogP contribution < -0.4 is 10.6 Å². The van der Waals surface area contributed by atoms with E-state index in [4.69, 9.17) is 0 Å². The summed E-state index contributed by atoms with van der Waals surface area (Å²) in [5.41, 5.74) is 5.55. The van der Waals surface area contributed by atoms with Crippen LogP contribution in [-0.2, 0) is 24.1 Å². The van der Waals surface area contributed by atoms with Crippen molar-refractivity contribution >= 4 is 11.6 Å². The lowest BCUT2D eigenvalue weighted by Crippen LogP contribution is -2.19. The molecule has 0 atom stereocenters. The maximum Gasteiger partial charge on any atom is 0.267 e. The molecule has 140 valence electrons. The van der Waals surface area contributed by atoms with Gasteiger partial charge in [0.15, 0.2) is 0 Å². The molecular formula is C23H27N3O. The Labute approximate surface area is 161 Å². The molecular weight excluding hydrogens is 334 g/mol. The van der Waals surface area contributed by atoms with Crippen molar-refractivity contribution in [2.24, 2.45) is 0 Å². The lowest BCUT2D eigenvalue weighted by atomic mass is 10.0. The Morgan fingerprint density at radius 2 is 1.67 bits per heavy atom. The van der Waals surface area contributed by atoms with Crippen molar-refractivity contribution in [2.45, 2.75) is 40.0 Å². The van der Waals surface area contributed by atoms with Gasteiger partial charge in [0, 0.05) is 18.4 Å². The fraction of sp³-hybridized carbons (Fsp3) is 0.304. The van der Waals surface area contributed by atoms with E-state index in [9.17, 15) is 10.1 Å². The third kappa shape index (κ3) is 5.46. The van der Waals surface area contributed by atoms with Gasteiger partial charge in [-0.3, -0.25) is 4.79 Å². The van der Waals surface area contributed by atoms with Crippen molar-refractivity contribution in [2.75, 3.05) is 11.9 Å². The topological polar surface area (TPSA) is 64.9 Å². The first-order chi connectivity index (χ1) is 13.1. The lowest BCUT2D eigenvalue weighted by molar-refractivity contribution is -0.112. The summed E-state index contributed by atoms with van der Waals surface area (Å²) in [6.07, 6.45) is 3.99. The Kier molecular flexibility index (Phi) is 7.63. The standard InChI is InChI=1S/C23H27N3O/c1-4-18-11-8-12-19(5-2)22(18)26-23(27)21(15-24)16-25-14-13-20-10-7-6-9-17(20)3/h6-12,16,25H,4-5,13-14H2,1-3H3,(H,26,27)/b21-16-. The van der Waals surface area contributed by atoms with Gasteiger partial charge in [-0.1, -0.05) is 56.3 Å². The maximum absolute atomic E-state index is 12.6. The largest absolute Gasteiger partial charge is 0.389 e. The molecule has 0 bridgehead atoms. The molecule has 1 amide bonds. The molecule has 0 heterocycles. The van der Waals surface area contributed by atoms with Crippen LogP contribution in [0.4, 0.5) is 5.69 Å². The number of hydrogen-bond donors (Lipinski definition) is 2. The van der Waals surface area contributed by atoms with Gasteiger partial charge in [-0.05, 0) is 48.4 Å². The molecule has 2 N–H and O–H groups in total. The zero-order chi connectivity index (χ0) is 19.6. The van der Waals surface area contributed by atoms with E-state index in [1.165, 1.54) is 17.3 Å². The second-order valence-corrected chi connectivity index (χ2v) is 6.41. The van der Waals surface area contributed by atoms with E-state index in [-0.39, 0.29) is 11.5 Å². The second-order valence-electron chi connectivity index (χ2n) is 6.41. The molecule has 0 aliphatic rings. The van der Waals surface area contributed by atoms with Crippen molar-refractivity contribution in [1.82, 2.24) is 5.32 Å². The molecule has 4 nitrogen and oxygen atoms in total. The number of anilines is 1. The van der Waals surface area contributed by atoms with Crippen molar-refractivity contribution in [1.29, 1.82) is 5.26 Å². The van der Waals surface area contributed by atoms with E-state index in [1.54, 1.807) is 0 Å². The molecule has 2 rings (SSSR count). The number of carbonyl (C=O) groups is 1. The van der Waals surface area contributed by atoms with Crippen LogP contribution in [0.2, 0.25) is 0 Å². The predicted molar refractivity (Wildman–Crippen MR) is 110 cm³/mol. The van der Waals surface area contributed by atoms with Crippen LogP contribution >= 0.6 is 0 Å². The molecule has 27 heavy (non-hydrogen) atoms. The van der Waals surface area contributed by atoms with Gasteiger partial charge in [-0.2, -0.15) is 5.26 Å². The zero-order valence-corrected chi connectivity index (χ0v) is 16.3. The maximum atomic E-state index is 12.6. The summed E-state index contributed by atoms with van der Waals surface area (Å²) >= 11 is 0. The minimum Gasteiger partial charge on any atom is -0.389 e. The van der Waals surface area contributed by atoms with E-state index in [0.717, 1.165) is 36.1 Å². The summed E-state index contributed by atoms with van der Waals surface area (Å²) in [7, 11) is 0. The van der Waals surface area contributed by atoms with E-state index in [0.29, 0.717) is 6.54 Å². The first-order valence-corrected chi connectivity index (χ1v) is 9.40. The molecule has 0 aliphatic carbocycles. The van der Waals surface area contributed by atoms with E-state index < -0.39 is 0 Å². The molecule has 2 aromatic rings. The number of carbonyl (C=O) groups excluding carboxylic acids is 1. The highest BCUT2D eigenvalue weighted by Gasteiger charge is 2.13. The Hall–Kier alpha value is -3.06. The summed E-state index contributed by atoms with van der Waals surface area (Å²) in [5, 5.41) is 15.4. The highest BCUT2D eigenvalue weighted by atomic mass is 16.1. The number of benzene rings is 2. The number of amides is 1. The number of nitrogens with zero attached hydrogens (tertiary/aromatic N) is 1. The molecule has 0 spiro atoms. The van der Waals surface area contributed by atoms with Crippen LogP contribution in [0.5, 0.6) is 0 Å². The number of hydrogen-bond acceptors (Lipinski definition) is 3. The van der Waals surface area contributed by atoms with E-state index in [1.807, 2.05) is 36.4 Å². The van der Waals surface area contributed by atoms with Crippen LogP contribution in [-0.4, -0.2) is 12.5 Å². The molecule has 0 aliphatic heterocycles. The third-order valence-electron chi connectivity index (χ3n) is 4.65. The summed E-state index contributed by atoms with van der Waals surface area (Å²) < 4.78 is 0. The van der Waals surface area contributed by atoms with Gasteiger partial charge in [-0.15, -0.1) is 0 Å². The second kappa shape index (κ2) is 10.2. The summed E-state index contributed by atoms with van der Waals surface area (Å²) in [4.78, 5) is 12.6. The average Bonchev–Trinajstić information content (AvgIpc) is 2.69. The van der Waals surface area contributed by atoms with Crippen LogP contribution in [0.15, 0.2) is 54.2 Å². The van der Waals surface area contributed by atoms with Gasteiger partial charge in [0.05, 0.1) is 0 Å². The number of para-hydroxylation sites is 1. The summed E-state index contributed by atoms with van der Waals surface area (Å²) in [5.74, 6) is -0.378. The van der Waals surface area contributed by atoms with Gasteiger partial charge in [-0.25, -0.2) is 0 Å². The minimum atomic E-state index is -0.378. The van der Waals surface area contributed by atoms with Gasteiger partial charge in [0.25, 0.3) is 5.91 Å². The van der Waals surface area contributed by atoms with Crippen LogP contribution in [0.3, 0.4) is 0 Å². The Bertz CT molecular complexity index is 840. The molecule has 4 heteroatoms. The lowest BCUT2D eigenvalue weighted by Gasteiger charge is -2.14. The third-order valence-corrected chi connectivity index (χ3v) is 4.65. The SMILES string of the molecule is CCc1cccc(CC)c1NC(=O)/C(C#N)=C\NCCc1ccccc1C. The predicted octanol–water partition coefficient (Wildman–Crippen LogP) is 4.30. The quantitative estimate of drug-likeness (QED) is 0.419. The molecule has 0 unspecified atom stereocenters. The Balaban J connectivity index is 2.03. The first kappa shape index (κ1) is 20.3. The van der Waals surface area contributed by atoms with Crippen molar-refractivity contribution in [3.8, 4) is 6.07 Å². The zero-order valence-electron chi connectivity index (χ0n) is 16.3. The highest BCUT2D eigenvalue weighted by molar-refractivity contribution is 6.07. The Morgan fingerprint density at radius 1 is 1.04 bits per heavy atom. The van der Waals surface area contributed by atoms with Gasteiger partial charge < -0.3 is 10.6 Å². The van der Waals surface area contributed by atoms with Crippen molar-refractivity contribution in [3.05, 3.63) is 76.5 Å². The average molecular weight is 361 g/mol.